The summed E-state index contributed by atoms with van der Waals surface area (Å²) in [6, 6.07) is 0. The molecule has 0 fully saturated rings. The van der Waals surface area contributed by atoms with Gasteiger partial charge in [0.25, 0.3) is 0 Å². The summed E-state index contributed by atoms with van der Waals surface area (Å²) in [7, 11) is 0. The molecular formula is C9H14O3. The third kappa shape index (κ3) is 3.93. The smallest absolute Gasteiger partial charge is 0.331 e. The van der Waals surface area contributed by atoms with Crippen LogP contribution in [-0.2, 0) is 9.53 Å². The van der Waals surface area contributed by atoms with Gasteiger partial charge in [0.2, 0.25) is 0 Å². The van der Waals surface area contributed by atoms with Crippen molar-refractivity contribution >= 4 is 5.97 Å². The number of carbonyl (C=O) groups is 1. The second-order valence-electron chi connectivity index (χ2n) is 2.51. The first-order valence-corrected chi connectivity index (χ1v) is 3.68. The van der Waals surface area contributed by atoms with Crippen LogP contribution in [0.3, 0.4) is 0 Å². The number of rotatable bonds is 5. The topological polar surface area (TPSA) is 46.5 Å². The van der Waals surface area contributed by atoms with Gasteiger partial charge in [-0.1, -0.05) is 6.08 Å². The SMILES string of the molecule is C=CCOC/C(C)=C(/C)C(=O)O. The van der Waals surface area contributed by atoms with E-state index in [9.17, 15) is 4.79 Å². The summed E-state index contributed by atoms with van der Waals surface area (Å²) in [6.07, 6.45) is 1.63. The van der Waals surface area contributed by atoms with Gasteiger partial charge in [0.05, 0.1) is 13.2 Å². The van der Waals surface area contributed by atoms with E-state index in [1.54, 1.807) is 19.9 Å². The van der Waals surface area contributed by atoms with Crippen molar-refractivity contribution in [2.75, 3.05) is 13.2 Å². The van der Waals surface area contributed by atoms with E-state index in [0.717, 1.165) is 5.57 Å². The Kier molecular flexibility index (Phi) is 5.04. The molecule has 68 valence electrons. The fraction of sp³-hybridized carbons (Fsp3) is 0.444. The predicted octanol–water partition coefficient (Wildman–Crippen LogP) is 1.61. The second kappa shape index (κ2) is 5.55. The first kappa shape index (κ1) is 10.9. The molecule has 0 radical (unpaired) electrons. The standard InChI is InChI=1S/C9H14O3/c1-4-5-12-6-7(2)8(3)9(10)11/h4H,1,5-6H2,2-3H3,(H,10,11)/b8-7-. The third-order valence-electron chi connectivity index (χ3n) is 1.52. The van der Waals surface area contributed by atoms with Crippen molar-refractivity contribution in [1.82, 2.24) is 0 Å². The Bertz CT molecular complexity index is 204. The molecule has 12 heavy (non-hydrogen) atoms. The molecule has 0 saturated carbocycles. The van der Waals surface area contributed by atoms with E-state index in [0.29, 0.717) is 18.8 Å². The highest BCUT2D eigenvalue weighted by Gasteiger charge is 2.04. The summed E-state index contributed by atoms with van der Waals surface area (Å²) in [4.78, 5) is 10.4. The second-order valence-corrected chi connectivity index (χ2v) is 2.51. The van der Waals surface area contributed by atoms with Crippen LogP contribution in [0.1, 0.15) is 13.8 Å². The van der Waals surface area contributed by atoms with Gasteiger partial charge in [0.15, 0.2) is 0 Å². The fourth-order valence-electron chi connectivity index (χ4n) is 0.586. The fourth-order valence-corrected chi connectivity index (χ4v) is 0.586. The molecule has 0 bridgehead atoms. The average molecular weight is 170 g/mol. The largest absolute Gasteiger partial charge is 0.478 e. The molecule has 0 aliphatic rings. The van der Waals surface area contributed by atoms with Gasteiger partial charge in [0, 0.05) is 5.57 Å². The van der Waals surface area contributed by atoms with Crippen LogP contribution in [0.4, 0.5) is 0 Å². The number of aliphatic carboxylic acids is 1. The molecular weight excluding hydrogens is 156 g/mol. The van der Waals surface area contributed by atoms with E-state index >= 15 is 0 Å². The number of hydrogen-bond donors (Lipinski definition) is 1. The minimum atomic E-state index is -0.894. The number of ether oxygens (including phenoxy) is 1. The van der Waals surface area contributed by atoms with E-state index in [4.69, 9.17) is 9.84 Å². The van der Waals surface area contributed by atoms with Crippen molar-refractivity contribution in [3.8, 4) is 0 Å². The lowest BCUT2D eigenvalue weighted by Gasteiger charge is -2.03. The Morgan fingerprint density at radius 3 is 2.58 bits per heavy atom. The zero-order valence-electron chi connectivity index (χ0n) is 7.46. The molecule has 0 saturated heterocycles. The molecule has 0 atom stereocenters. The van der Waals surface area contributed by atoms with Crippen LogP contribution in [0, 0.1) is 0 Å². The lowest BCUT2D eigenvalue weighted by atomic mass is 10.2. The van der Waals surface area contributed by atoms with Gasteiger partial charge in [-0.3, -0.25) is 0 Å². The molecule has 1 N–H and O–H groups in total. The summed E-state index contributed by atoms with van der Waals surface area (Å²) in [5.74, 6) is -0.894. The minimum absolute atomic E-state index is 0.346. The first-order chi connectivity index (χ1) is 5.59. The lowest BCUT2D eigenvalue weighted by Crippen LogP contribution is -2.04. The average Bonchev–Trinajstić information content (AvgIpc) is 2.03. The van der Waals surface area contributed by atoms with Gasteiger partial charge in [-0.2, -0.15) is 0 Å². The Morgan fingerprint density at radius 2 is 2.17 bits per heavy atom. The molecule has 0 aromatic carbocycles. The number of hydrogen-bond acceptors (Lipinski definition) is 2. The third-order valence-corrected chi connectivity index (χ3v) is 1.52. The van der Waals surface area contributed by atoms with Gasteiger partial charge >= 0.3 is 5.97 Å². The molecule has 0 aromatic rings. The summed E-state index contributed by atoms with van der Waals surface area (Å²) in [5.41, 5.74) is 1.09. The normalized spacial score (nSPS) is 12.2. The Balaban J connectivity index is 3.99. The van der Waals surface area contributed by atoms with Crippen molar-refractivity contribution < 1.29 is 14.6 Å². The van der Waals surface area contributed by atoms with E-state index < -0.39 is 5.97 Å². The van der Waals surface area contributed by atoms with Crippen LogP contribution >= 0.6 is 0 Å². The van der Waals surface area contributed by atoms with Crippen LogP contribution in [0.2, 0.25) is 0 Å². The minimum Gasteiger partial charge on any atom is -0.478 e. The summed E-state index contributed by atoms with van der Waals surface area (Å²) >= 11 is 0. The van der Waals surface area contributed by atoms with E-state index in [-0.39, 0.29) is 0 Å². The maximum atomic E-state index is 10.4. The molecule has 0 amide bonds. The Morgan fingerprint density at radius 1 is 1.58 bits per heavy atom. The molecule has 0 unspecified atom stereocenters. The first-order valence-electron chi connectivity index (χ1n) is 3.68. The zero-order chi connectivity index (χ0) is 9.56. The molecule has 0 spiro atoms. The summed E-state index contributed by atoms with van der Waals surface area (Å²) < 4.78 is 5.08. The highest BCUT2D eigenvalue weighted by molar-refractivity contribution is 5.86. The molecule has 0 rings (SSSR count). The molecule has 0 heterocycles. The van der Waals surface area contributed by atoms with Crippen molar-refractivity contribution in [3.63, 3.8) is 0 Å². The van der Waals surface area contributed by atoms with Crippen molar-refractivity contribution in [1.29, 1.82) is 0 Å². The highest BCUT2D eigenvalue weighted by Crippen LogP contribution is 2.03. The monoisotopic (exact) mass is 170 g/mol. The highest BCUT2D eigenvalue weighted by atomic mass is 16.5. The lowest BCUT2D eigenvalue weighted by molar-refractivity contribution is -0.132. The summed E-state index contributed by atoms with van der Waals surface area (Å²) in [6.45, 7) is 7.59. The Labute approximate surface area is 72.3 Å². The van der Waals surface area contributed by atoms with Gasteiger partial charge < -0.3 is 9.84 Å². The van der Waals surface area contributed by atoms with Crippen molar-refractivity contribution in [2.45, 2.75) is 13.8 Å². The van der Waals surface area contributed by atoms with E-state index in [1.165, 1.54) is 0 Å². The summed E-state index contributed by atoms with van der Waals surface area (Å²) in [5, 5.41) is 8.58. The molecule has 0 aromatic heterocycles. The van der Waals surface area contributed by atoms with E-state index in [1.807, 2.05) is 0 Å². The quantitative estimate of drug-likeness (QED) is 0.387. The van der Waals surface area contributed by atoms with Gasteiger partial charge in [-0.15, -0.1) is 6.58 Å². The number of carboxylic acids is 1. The van der Waals surface area contributed by atoms with Crippen LogP contribution in [-0.4, -0.2) is 24.3 Å². The van der Waals surface area contributed by atoms with Gasteiger partial charge in [-0.25, -0.2) is 4.79 Å². The molecule has 3 heteroatoms. The molecule has 0 aliphatic heterocycles. The van der Waals surface area contributed by atoms with E-state index in [2.05, 4.69) is 6.58 Å². The Hall–Kier alpha value is -1.09. The van der Waals surface area contributed by atoms with Crippen molar-refractivity contribution in [2.24, 2.45) is 0 Å². The van der Waals surface area contributed by atoms with Crippen LogP contribution < -0.4 is 0 Å². The van der Waals surface area contributed by atoms with Crippen LogP contribution in [0.15, 0.2) is 23.8 Å². The molecule has 3 nitrogen and oxygen atoms in total. The predicted molar refractivity (Wildman–Crippen MR) is 47.0 cm³/mol. The van der Waals surface area contributed by atoms with Crippen LogP contribution in [0.5, 0.6) is 0 Å². The zero-order valence-corrected chi connectivity index (χ0v) is 7.46. The maximum absolute atomic E-state index is 10.4. The van der Waals surface area contributed by atoms with Gasteiger partial charge in [-0.05, 0) is 19.4 Å². The number of carboxylic acid groups (broad SMARTS) is 1. The van der Waals surface area contributed by atoms with Crippen LogP contribution in [0.25, 0.3) is 0 Å². The molecule has 0 aliphatic carbocycles. The van der Waals surface area contributed by atoms with Crippen molar-refractivity contribution in [3.05, 3.63) is 23.8 Å². The maximum Gasteiger partial charge on any atom is 0.331 e. The van der Waals surface area contributed by atoms with Gasteiger partial charge in [0.1, 0.15) is 0 Å².